The number of anilines is 1. The Balaban J connectivity index is 1.49. The number of rotatable bonds is 5. The van der Waals surface area contributed by atoms with Gasteiger partial charge >= 0.3 is 0 Å². The first-order valence-electron chi connectivity index (χ1n) is 7.90. The molecule has 132 valence electrons. The lowest BCUT2D eigenvalue weighted by molar-refractivity contribution is -0.116. The van der Waals surface area contributed by atoms with Crippen LogP contribution in [0.3, 0.4) is 0 Å². The van der Waals surface area contributed by atoms with Gasteiger partial charge in [0.15, 0.2) is 11.1 Å². The van der Waals surface area contributed by atoms with Gasteiger partial charge in [-0.1, -0.05) is 23.1 Å². The van der Waals surface area contributed by atoms with E-state index in [0.717, 1.165) is 28.3 Å². The third-order valence-electron chi connectivity index (χ3n) is 3.96. The SMILES string of the molecule is CC(=O)N(c1nnc(SCc2cc(F)cc3c2OCOC3)s1)C1CC1. The summed E-state index contributed by atoms with van der Waals surface area (Å²) >= 11 is 2.84. The lowest BCUT2D eigenvalue weighted by Crippen LogP contribution is -2.30. The quantitative estimate of drug-likeness (QED) is 0.585. The van der Waals surface area contributed by atoms with E-state index in [1.54, 1.807) is 11.8 Å². The summed E-state index contributed by atoms with van der Waals surface area (Å²) in [6.07, 6.45) is 2.02. The number of aromatic nitrogens is 2. The predicted molar refractivity (Wildman–Crippen MR) is 92.3 cm³/mol. The van der Waals surface area contributed by atoms with Crippen molar-refractivity contribution in [2.24, 2.45) is 0 Å². The third kappa shape index (κ3) is 3.63. The van der Waals surface area contributed by atoms with Crippen molar-refractivity contribution in [3.8, 4) is 5.75 Å². The lowest BCUT2D eigenvalue weighted by Gasteiger charge is -2.20. The standard InChI is InChI=1S/C16H16FN3O3S2/c1-9(21)20(13-2-3-13)15-18-19-16(25-15)24-7-11-5-12(17)4-10-6-22-8-23-14(10)11/h4-5,13H,2-3,6-8H2,1H3. The Bertz CT molecular complexity index is 810. The van der Waals surface area contributed by atoms with Crippen molar-refractivity contribution < 1.29 is 18.7 Å². The molecule has 2 aromatic rings. The van der Waals surface area contributed by atoms with E-state index in [1.807, 2.05) is 0 Å². The van der Waals surface area contributed by atoms with Crippen molar-refractivity contribution in [1.29, 1.82) is 0 Å². The second-order valence-corrected chi connectivity index (χ2v) is 8.10. The van der Waals surface area contributed by atoms with Gasteiger partial charge in [-0.2, -0.15) is 0 Å². The van der Waals surface area contributed by atoms with Crippen molar-refractivity contribution in [3.05, 3.63) is 29.1 Å². The van der Waals surface area contributed by atoms with Crippen LogP contribution in [0.2, 0.25) is 0 Å². The van der Waals surface area contributed by atoms with Crippen LogP contribution >= 0.6 is 23.1 Å². The highest BCUT2D eigenvalue weighted by atomic mass is 32.2. The van der Waals surface area contributed by atoms with Crippen molar-refractivity contribution in [2.75, 3.05) is 11.7 Å². The van der Waals surface area contributed by atoms with Crippen molar-refractivity contribution >= 4 is 34.1 Å². The van der Waals surface area contributed by atoms with Gasteiger partial charge in [0.25, 0.3) is 0 Å². The molecule has 1 amide bonds. The molecular weight excluding hydrogens is 365 g/mol. The molecule has 2 heterocycles. The number of amides is 1. The summed E-state index contributed by atoms with van der Waals surface area (Å²) < 4.78 is 25.2. The Morgan fingerprint density at radius 3 is 3.04 bits per heavy atom. The van der Waals surface area contributed by atoms with Gasteiger partial charge < -0.3 is 9.47 Å². The summed E-state index contributed by atoms with van der Waals surface area (Å²) in [7, 11) is 0. The number of hydrogen-bond donors (Lipinski definition) is 0. The molecule has 1 aromatic heterocycles. The molecule has 1 aliphatic heterocycles. The molecule has 4 rings (SSSR count). The van der Waals surface area contributed by atoms with Crippen LogP contribution in [-0.4, -0.2) is 28.9 Å². The number of thioether (sulfide) groups is 1. The molecule has 0 saturated heterocycles. The fourth-order valence-corrected chi connectivity index (χ4v) is 4.67. The number of carbonyl (C=O) groups is 1. The van der Waals surface area contributed by atoms with Crippen LogP contribution in [0.5, 0.6) is 5.75 Å². The monoisotopic (exact) mass is 381 g/mol. The maximum atomic E-state index is 13.8. The fourth-order valence-electron chi connectivity index (χ4n) is 2.74. The van der Waals surface area contributed by atoms with Crippen molar-refractivity contribution in [2.45, 2.75) is 42.5 Å². The molecule has 9 heteroatoms. The predicted octanol–water partition coefficient (Wildman–Crippen LogP) is 3.35. The van der Waals surface area contributed by atoms with Gasteiger partial charge in [-0.05, 0) is 25.0 Å². The van der Waals surface area contributed by atoms with Crippen LogP contribution in [0.15, 0.2) is 16.5 Å². The van der Waals surface area contributed by atoms with Crippen LogP contribution in [-0.2, 0) is 21.9 Å². The largest absolute Gasteiger partial charge is 0.467 e. The number of nitrogens with zero attached hydrogens (tertiary/aromatic N) is 3. The molecule has 0 spiro atoms. The molecule has 25 heavy (non-hydrogen) atoms. The Labute approximate surface area is 152 Å². The van der Waals surface area contributed by atoms with E-state index in [9.17, 15) is 9.18 Å². The minimum absolute atomic E-state index is 0.0113. The molecule has 0 unspecified atom stereocenters. The summed E-state index contributed by atoms with van der Waals surface area (Å²) in [6, 6.07) is 3.17. The normalized spacial score (nSPS) is 16.2. The zero-order chi connectivity index (χ0) is 17.4. The van der Waals surface area contributed by atoms with E-state index in [2.05, 4.69) is 10.2 Å². The first-order chi connectivity index (χ1) is 12.1. The van der Waals surface area contributed by atoms with Gasteiger partial charge in [0, 0.05) is 29.8 Å². The van der Waals surface area contributed by atoms with E-state index < -0.39 is 0 Å². The second-order valence-electron chi connectivity index (χ2n) is 5.92. The maximum Gasteiger partial charge on any atom is 0.225 e. The van der Waals surface area contributed by atoms with E-state index in [0.29, 0.717) is 23.2 Å². The molecule has 0 atom stereocenters. The molecule has 1 aliphatic carbocycles. The first-order valence-corrected chi connectivity index (χ1v) is 9.70. The average molecular weight is 381 g/mol. The topological polar surface area (TPSA) is 64.6 Å². The molecule has 0 N–H and O–H groups in total. The van der Waals surface area contributed by atoms with Gasteiger partial charge in [-0.15, -0.1) is 10.2 Å². The molecule has 1 saturated carbocycles. The van der Waals surface area contributed by atoms with Gasteiger partial charge in [0.05, 0.1) is 6.61 Å². The molecular formula is C16H16FN3O3S2. The van der Waals surface area contributed by atoms with Crippen LogP contribution in [0.1, 0.15) is 30.9 Å². The average Bonchev–Trinajstić information content (AvgIpc) is 3.30. The molecule has 0 bridgehead atoms. The minimum Gasteiger partial charge on any atom is -0.467 e. The highest BCUT2D eigenvalue weighted by Crippen LogP contribution is 2.38. The summed E-state index contributed by atoms with van der Waals surface area (Å²) in [5.74, 6) is 0.882. The Morgan fingerprint density at radius 1 is 1.44 bits per heavy atom. The lowest BCUT2D eigenvalue weighted by atomic mass is 10.1. The van der Waals surface area contributed by atoms with Gasteiger partial charge in [0.1, 0.15) is 11.6 Å². The van der Waals surface area contributed by atoms with Crippen LogP contribution in [0.4, 0.5) is 9.52 Å². The summed E-state index contributed by atoms with van der Waals surface area (Å²) in [6.45, 7) is 2.07. The van der Waals surface area contributed by atoms with Crippen LogP contribution in [0, 0.1) is 5.82 Å². The summed E-state index contributed by atoms with van der Waals surface area (Å²) in [4.78, 5) is 13.5. The minimum atomic E-state index is -0.308. The van der Waals surface area contributed by atoms with Gasteiger partial charge in [-0.25, -0.2) is 4.39 Å². The van der Waals surface area contributed by atoms with E-state index in [1.165, 1.54) is 35.2 Å². The van der Waals surface area contributed by atoms with Gasteiger partial charge in [0.2, 0.25) is 11.0 Å². The summed E-state index contributed by atoms with van der Waals surface area (Å²) in [5.41, 5.74) is 1.49. The van der Waals surface area contributed by atoms with Crippen LogP contribution < -0.4 is 9.64 Å². The van der Waals surface area contributed by atoms with Crippen LogP contribution in [0.25, 0.3) is 0 Å². The highest BCUT2D eigenvalue weighted by molar-refractivity contribution is 8.00. The fraction of sp³-hybridized carbons (Fsp3) is 0.438. The second kappa shape index (κ2) is 6.89. The number of benzene rings is 1. The number of fused-ring (bicyclic) bond motifs is 1. The maximum absolute atomic E-state index is 13.8. The smallest absolute Gasteiger partial charge is 0.225 e. The Morgan fingerprint density at radius 2 is 2.28 bits per heavy atom. The van der Waals surface area contributed by atoms with E-state index in [4.69, 9.17) is 9.47 Å². The van der Waals surface area contributed by atoms with Crippen molar-refractivity contribution in [3.63, 3.8) is 0 Å². The Kier molecular flexibility index (Phi) is 4.61. The first kappa shape index (κ1) is 16.7. The third-order valence-corrected chi connectivity index (χ3v) is 6.06. The van der Waals surface area contributed by atoms with E-state index >= 15 is 0 Å². The number of carbonyl (C=O) groups excluding carboxylic acids is 1. The zero-order valence-corrected chi connectivity index (χ0v) is 15.2. The van der Waals surface area contributed by atoms with Gasteiger partial charge in [-0.3, -0.25) is 9.69 Å². The highest BCUT2D eigenvalue weighted by Gasteiger charge is 2.34. The molecule has 6 nitrogen and oxygen atoms in total. The Hall–Kier alpha value is -1.71. The molecule has 1 fully saturated rings. The molecule has 1 aromatic carbocycles. The number of halogens is 1. The van der Waals surface area contributed by atoms with Crippen molar-refractivity contribution in [1.82, 2.24) is 10.2 Å². The van der Waals surface area contributed by atoms with E-state index in [-0.39, 0.29) is 24.6 Å². The molecule has 2 aliphatic rings. The number of hydrogen-bond acceptors (Lipinski definition) is 7. The number of ether oxygens (including phenoxy) is 2. The zero-order valence-electron chi connectivity index (χ0n) is 13.5. The summed E-state index contributed by atoms with van der Waals surface area (Å²) in [5, 5.41) is 8.93. The molecule has 0 radical (unpaired) electrons.